The Hall–Kier alpha value is -4.53. The molecule has 4 heterocycles. The van der Waals surface area contributed by atoms with Crippen LogP contribution in [0.5, 0.6) is 0 Å². The summed E-state index contributed by atoms with van der Waals surface area (Å²) < 4.78 is 20.7. The van der Waals surface area contributed by atoms with Gasteiger partial charge in [-0.1, -0.05) is 29.8 Å². The van der Waals surface area contributed by atoms with Gasteiger partial charge in [-0.15, -0.1) is 0 Å². The third-order valence-corrected chi connectivity index (χ3v) is 6.88. The molecule has 9 heteroatoms. The molecule has 3 aromatic heterocycles. The number of hydrogen-bond donors (Lipinski definition) is 0. The predicted molar refractivity (Wildman–Crippen MR) is 142 cm³/mol. The van der Waals surface area contributed by atoms with Crippen LogP contribution in [0.15, 0.2) is 71.3 Å². The first kappa shape index (κ1) is 23.8. The third kappa shape index (κ3) is 4.51. The highest BCUT2D eigenvalue weighted by Crippen LogP contribution is 2.30. The number of benzene rings is 2. The molecule has 1 aliphatic heterocycles. The van der Waals surface area contributed by atoms with Crippen LogP contribution in [0.4, 0.5) is 10.2 Å². The maximum Gasteiger partial charge on any atom is 0.289 e. The van der Waals surface area contributed by atoms with Crippen LogP contribution in [-0.2, 0) is 6.42 Å². The smallest absolute Gasteiger partial charge is 0.289 e. The van der Waals surface area contributed by atoms with Crippen molar-refractivity contribution in [2.24, 2.45) is 0 Å². The summed E-state index contributed by atoms with van der Waals surface area (Å²) in [6.07, 6.45) is 2.08. The molecule has 0 radical (unpaired) electrons. The van der Waals surface area contributed by atoms with Crippen LogP contribution in [0.3, 0.4) is 0 Å². The minimum atomic E-state index is -0.306. The maximum absolute atomic E-state index is 13.6. The summed E-state index contributed by atoms with van der Waals surface area (Å²) in [6, 6.07) is 18.0. The number of carbonyl (C=O) groups is 1. The van der Waals surface area contributed by atoms with Gasteiger partial charge in [0.1, 0.15) is 17.5 Å². The normalized spacial score (nSPS) is 13.9. The zero-order valence-corrected chi connectivity index (χ0v) is 21.3. The molecule has 1 amide bonds. The third-order valence-electron chi connectivity index (χ3n) is 6.88. The topological polar surface area (TPSA) is 80.3 Å². The minimum absolute atomic E-state index is 0.108. The molecule has 0 atom stereocenters. The number of piperazine rings is 1. The van der Waals surface area contributed by atoms with Gasteiger partial charge in [0.05, 0.1) is 23.0 Å². The monoisotopic (exact) mass is 510 g/mol. The van der Waals surface area contributed by atoms with Crippen molar-refractivity contribution in [3.63, 3.8) is 0 Å². The number of amides is 1. The number of rotatable bonds is 5. The summed E-state index contributed by atoms with van der Waals surface area (Å²) in [6.45, 7) is 6.32. The fourth-order valence-electron chi connectivity index (χ4n) is 4.84. The molecule has 38 heavy (non-hydrogen) atoms. The molecule has 0 unspecified atom stereocenters. The number of hydrogen-bond acceptors (Lipinski definition) is 6. The molecule has 0 bridgehead atoms. The highest BCUT2D eigenvalue weighted by Gasteiger charge is 2.27. The number of fused-ring (bicyclic) bond motifs is 1. The van der Waals surface area contributed by atoms with E-state index in [2.05, 4.69) is 36.1 Å². The Morgan fingerprint density at radius 2 is 1.68 bits per heavy atom. The van der Waals surface area contributed by atoms with Gasteiger partial charge in [0.2, 0.25) is 0 Å². The molecule has 192 valence electrons. The van der Waals surface area contributed by atoms with Crippen LogP contribution in [0.1, 0.15) is 33.2 Å². The lowest BCUT2D eigenvalue weighted by Crippen LogP contribution is -2.49. The van der Waals surface area contributed by atoms with E-state index in [1.165, 1.54) is 24.0 Å². The number of halogens is 1. The Morgan fingerprint density at radius 3 is 2.37 bits per heavy atom. The van der Waals surface area contributed by atoms with Gasteiger partial charge in [-0.2, -0.15) is 5.10 Å². The Bertz CT molecular complexity index is 1590. The zero-order chi connectivity index (χ0) is 26.2. The molecule has 0 spiro atoms. The summed E-state index contributed by atoms with van der Waals surface area (Å²) in [5.41, 5.74) is 4.49. The lowest BCUT2D eigenvalue weighted by Gasteiger charge is -2.35. The van der Waals surface area contributed by atoms with Gasteiger partial charge in [0.15, 0.2) is 11.4 Å². The van der Waals surface area contributed by atoms with Crippen molar-refractivity contribution in [1.82, 2.24) is 24.6 Å². The Kier molecular flexibility index (Phi) is 6.11. The second-order valence-corrected chi connectivity index (χ2v) is 9.55. The summed E-state index contributed by atoms with van der Waals surface area (Å²) in [5, 5.41) is 5.62. The number of furan rings is 1. The molecule has 8 nitrogen and oxygen atoms in total. The lowest BCUT2D eigenvalue weighted by atomic mass is 10.1. The highest BCUT2D eigenvalue weighted by molar-refractivity contribution is 5.93. The van der Waals surface area contributed by atoms with Gasteiger partial charge in [-0.25, -0.2) is 19.0 Å². The van der Waals surface area contributed by atoms with Crippen LogP contribution < -0.4 is 4.90 Å². The van der Waals surface area contributed by atoms with Crippen molar-refractivity contribution in [3.8, 4) is 5.69 Å². The molecule has 0 N–H and O–H groups in total. The molecule has 0 aliphatic carbocycles. The van der Waals surface area contributed by atoms with Gasteiger partial charge in [0, 0.05) is 32.6 Å². The molecular formula is C29H27FN6O2. The second kappa shape index (κ2) is 9.74. The molecule has 1 aliphatic rings. The molecule has 6 rings (SSSR count). The zero-order valence-electron chi connectivity index (χ0n) is 21.3. The second-order valence-electron chi connectivity index (χ2n) is 9.55. The maximum atomic E-state index is 13.6. The summed E-state index contributed by atoms with van der Waals surface area (Å²) in [4.78, 5) is 26.7. The van der Waals surface area contributed by atoms with E-state index in [9.17, 15) is 9.18 Å². The van der Waals surface area contributed by atoms with Crippen molar-refractivity contribution in [2.75, 3.05) is 31.1 Å². The largest absolute Gasteiger partial charge is 0.459 e. The molecule has 2 aromatic carbocycles. The van der Waals surface area contributed by atoms with E-state index in [1.54, 1.807) is 33.8 Å². The van der Waals surface area contributed by atoms with E-state index < -0.39 is 0 Å². The first-order valence-corrected chi connectivity index (χ1v) is 12.6. The lowest BCUT2D eigenvalue weighted by molar-refractivity contribution is 0.0714. The molecule has 0 saturated carbocycles. The van der Waals surface area contributed by atoms with Crippen molar-refractivity contribution < 1.29 is 13.6 Å². The fraction of sp³-hybridized carbons (Fsp3) is 0.241. The van der Waals surface area contributed by atoms with Crippen molar-refractivity contribution >= 4 is 22.8 Å². The number of aryl methyl sites for hydroxylation is 2. The van der Waals surface area contributed by atoms with Crippen LogP contribution in [0.2, 0.25) is 0 Å². The Morgan fingerprint density at radius 1 is 0.947 bits per heavy atom. The van der Waals surface area contributed by atoms with E-state index in [0.29, 0.717) is 49.8 Å². The van der Waals surface area contributed by atoms with E-state index in [-0.39, 0.29) is 11.7 Å². The SMILES string of the molecule is Cc1ccc(Cc2nc(N3CCN(C(=O)c4ccco4)CC3)c3c(C)nn(-c4ccc(F)cc4)c3n2)cc1. The van der Waals surface area contributed by atoms with Gasteiger partial charge in [0.25, 0.3) is 5.91 Å². The van der Waals surface area contributed by atoms with Crippen LogP contribution in [-0.4, -0.2) is 56.7 Å². The van der Waals surface area contributed by atoms with Crippen LogP contribution in [0.25, 0.3) is 16.7 Å². The van der Waals surface area contributed by atoms with E-state index in [0.717, 1.165) is 28.1 Å². The summed E-state index contributed by atoms with van der Waals surface area (Å²) >= 11 is 0. The van der Waals surface area contributed by atoms with Gasteiger partial charge in [-0.05, 0) is 55.8 Å². The molecular weight excluding hydrogens is 483 g/mol. The quantitative estimate of drug-likeness (QED) is 0.341. The van der Waals surface area contributed by atoms with Crippen LogP contribution in [0, 0.1) is 19.7 Å². The molecule has 5 aromatic rings. The van der Waals surface area contributed by atoms with Gasteiger partial charge >= 0.3 is 0 Å². The van der Waals surface area contributed by atoms with E-state index in [4.69, 9.17) is 19.5 Å². The van der Waals surface area contributed by atoms with E-state index >= 15 is 0 Å². The molecule has 1 fully saturated rings. The Labute approximate surface area is 219 Å². The number of carbonyl (C=O) groups excluding carboxylic acids is 1. The highest BCUT2D eigenvalue weighted by atomic mass is 19.1. The van der Waals surface area contributed by atoms with Gasteiger partial charge < -0.3 is 14.2 Å². The standard InChI is InChI=1S/C29H27FN6O2/c1-19-5-7-21(8-6-19)18-25-31-27(34-13-15-35(16-14-34)29(37)24-4-3-17-38-24)26-20(2)33-36(28(26)32-25)23-11-9-22(30)10-12-23/h3-12,17H,13-16,18H2,1-2H3. The first-order valence-electron chi connectivity index (χ1n) is 12.6. The predicted octanol–water partition coefficient (Wildman–Crippen LogP) is 4.72. The Balaban J connectivity index is 1.38. The first-order chi connectivity index (χ1) is 18.5. The minimum Gasteiger partial charge on any atom is -0.459 e. The van der Waals surface area contributed by atoms with E-state index in [1.807, 2.05) is 6.92 Å². The van der Waals surface area contributed by atoms with Gasteiger partial charge in [-0.3, -0.25) is 4.79 Å². The van der Waals surface area contributed by atoms with Crippen molar-refractivity contribution in [1.29, 1.82) is 0 Å². The summed E-state index contributed by atoms with van der Waals surface area (Å²) in [5.74, 6) is 1.41. The number of nitrogens with zero attached hydrogens (tertiary/aromatic N) is 6. The van der Waals surface area contributed by atoms with Crippen LogP contribution >= 0.6 is 0 Å². The molecule has 1 saturated heterocycles. The average Bonchev–Trinajstić information content (AvgIpc) is 3.59. The number of aromatic nitrogens is 4. The van der Waals surface area contributed by atoms with Crippen molar-refractivity contribution in [3.05, 3.63) is 101 Å². The van der Waals surface area contributed by atoms with Crippen molar-refractivity contribution in [2.45, 2.75) is 20.3 Å². The average molecular weight is 511 g/mol. The number of anilines is 1. The fourth-order valence-corrected chi connectivity index (χ4v) is 4.84. The summed E-state index contributed by atoms with van der Waals surface area (Å²) in [7, 11) is 0.